The maximum absolute atomic E-state index is 10.6. The van der Waals surface area contributed by atoms with Gasteiger partial charge in [0.15, 0.2) is 0 Å². The summed E-state index contributed by atoms with van der Waals surface area (Å²) in [5.41, 5.74) is 0.875. The molecular weight excluding hydrogens is 371 g/mol. The lowest BCUT2D eigenvalue weighted by Crippen LogP contribution is -2.31. The molecule has 1 atom stereocenters. The highest BCUT2D eigenvalue weighted by atomic mass is 35.5. The number of thiazole rings is 1. The van der Waals surface area contributed by atoms with Gasteiger partial charge in [-0.25, -0.2) is 4.98 Å². The lowest BCUT2D eigenvalue weighted by atomic mass is 10.0. The second kappa shape index (κ2) is 7.25. The average Bonchev–Trinajstić information content (AvgIpc) is 3.14. The molecule has 3 rings (SSSR count). The first-order valence-corrected chi connectivity index (χ1v) is 8.95. The average molecular weight is 387 g/mol. The normalized spacial score (nSPS) is 13.0. The number of hydrogen-bond donors (Lipinski definition) is 2. The zero-order valence-corrected chi connectivity index (χ0v) is 15.2. The lowest BCUT2D eigenvalue weighted by Gasteiger charge is -2.30. The smallest absolute Gasteiger partial charge is 0.230 e. The first-order valence-electron chi connectivity index (χ1n) is 7.38. The molecule has 1 aromatic carbocycles. The molecular formula is C15H16Cl2N4O2S. The SMILES string of the molecule is CCN(CCO)C(c1ccc(Cl)c(Cl)c1)c1sc2ncnn2c1O. The van der Waals surface area contributed by atoms with E-state index in [4.69, 9.17) is 23.2 Å². The monoisotopic (exact) mass is 386 g/mol. The van der Waals surface area contributed by atoms with Gasteiger partial charge in [-0.2, -0.15) is 9.61 Å². The highest BCUT2D eigenvalue weighted by Crippen LogP contribution is 2.40. The molecule has 9 heteroatoms. The molecule has 0 saturated carbocycles. The summed E-state index contributed by atoms with van der Waals surface area (Å²) in [6.45, 7) is 3.13. The first kappa shape index (κ1) is 17.4. The van der Waals surface area contributed by atoms with E-state index in [9.17, 15) is 10.2 Å². The summed E-state index contributed by atoms with van der Waals surface area (Å²) in [4.78, 5) is 7.48. The van der Waals surface area contributed by atoms with E-state index < -0.39 is 0 Å². The van der Waals surface area contributed by atoms with E-state index in [1.807, 2.05) is 17.9 Å². The second-order valence-corrected chi connectivity index (χ2v) is 7.00. The Bertz CT molecular complexity index is 851. The fourth-order valence-electron chi connectivity index (χ4n) is 2.68. The molecule has 128 valence electrons. The molecule has 0 radical (unpaired) electrons. The van der Waals surface area contributed by atoms with Crippen molar-refractivity contribution in [3.63, 3.8) is 0 Å². The fraction of sp³-hybridized carbons (Fsp3) is 0.333. The van der Waals surface area contributed by atoms with Crippen LogP contribution in [0.4, 0.5) is 0 Å². The quantitative estimate of drug-likeness (QED) is 0.680. The van der Waals surface area contributed by atoms with Crippen LogP contribution in [0.25, 0.3) is 4.96 Å². The van der Waals surface area contributed by atoms with E-state index in [1.165, 1.54) is 22.2 Å². The summed E-state index contributed by atoms with van der Waals surface area (Å²) in [6.07, 6.45) is 1.40. The van der Waals surface area contributed by atoms with Crippen molar-refractivity contribution in [3.05, 3.63) is 45.0 Å². The van der Waals surface area contributed by atoms with Gasteiger partial charge in [0, 0.05) is 6.54 Å². The molecule has 0 fully saturated rings. The van der Waals surface area contributed by atoms with E-state index in [-0.39, 0.29) is 18.5 Å². The Kier molecular flexibility index (Phi) is 5.27. The molecule has 2 aromatic heterocycles. The number of nitrogens with zero attached hydrogens (tertiary/aromatic N) is 4. The summed E-state index contributed by atoms with van der Waals surface area (Å²) in [5.74, 6) is 0.0416. The zero-order chi connectivity index (χ0) is 17.3. The van der Waals surface area contributed by atoms with E-state index >= 15 is 0 Å². The standard InChI is InChI=1S/C15H16Cl2N4O2S/c1-2-20(5-6-22)12(9-3-4-10(16)11(17)7-9)13-14(23)21-15(24-13)18-8-19-21/h3-4,7-8,12,22-23H,2,5-6H2,1H3. The number of halogens is 2. The molecule has 0 aliphatic rings. The first-order chi connectivity index (χ1) is 11.6. The van der Waals surface area contributed by atoms with Gasteiger partial charge in [0.1, 0.15) is 6.33 Å². The third-order valence-electron chi connectivity index (χ3n) is 3.81. The van der Waals surface area contributed by atoms with Crippen LogP contribution in [0.1, 0.15) is 23.4 Å². The van der Waals surface area contributed by atoms with Crippen LogP contribution in [0.15, 0.2) is 24.5 Å². The van der Waals surface area contributed by atoms with Crippen LogP contribution in [0, 0.1) is 0 Å². The number of rotatable bonds is 6. The molecule has 0 saturated heterocycles. The van der Waals surface area contributed by atoms with Gasteiger partial charge in [-0.15, -0.1) is 0 Å². The number of aromatic hydroxyl groups is 1. The number of aliphatic hydroxyl groups excluding tert-OH is 1. The fourth-order valence-corrected chi connectivity index (χ4v) is 4.08. The van der Waals surface area contributed by atoms with Crippen molar-refractivity contribution < 1.29 is 10.2 Å². The van der Waals surface area contributed by atoms with Crippen molar-refractivity contribution in [2.75, 3.05) is 19.7 Å². The van der Waals surface area contributed by atoms with Gasteiger partial charge in [-0.05, 0) is 24.2 Å². The Balaban J connectivity index is 2.15. The largest absolute Gasteiger partial charge is 0.492 e. The van der Waals surface area contributed by atoms with Crippen molar-refractivity contribution in [3.8, 4) is 5.88 Å². The summed E-state index contributed by atoms with van der Waals surface area (Å²) in [6, 6.07) is 5.09. The van der Waals surface area contributed by atoms with Gasteiger partial charge in [-0.1, -0.05) is 47.5 Å². The number of likely N-dealkylation sites (N-methyl/N-ethyl adjacent to an activating group) is 1. The number of fused-ring (bicyclic) bond motifs is 1. The molecule has 0 aliphatic heterocycles. The maximum Gasteiger partial charge on any atom is 0.230 e. The van der Waals surface area contributed by atoms with Gasteiger partial charge in [0.2, 0.25) is 10.8 Å². The molecule has 0 aliphatic carbocycles. The molecule has 0 amide bonds. The summed E-state index contributed by atoms with van der Waals surface area (Å²) >= 11 is 13.6. The molecule has 1 unspecified atom stereocenters. The van der Waals surface area contributed by atoms with Gasteiger partial charge < -0.3 is 10.2 Å². The number of aromatic nitrogens is 3. The third-order valence-corrected chi connectivity index (χ3v) is 5.63. The van der Waals surface area contributed by atoms with E-state index in [1.54, 1.807) is 12.1 Å². The van der Waals surface area contributed by atoms with Crippen LogP contribution < -0.4 is 0 Å². The maximum atomic E-state index is 10.6. The minimum Gasteiger partial charge on any atom is -0.492 e. The van der Waals surface area contributed by atoms with Crippen molar-refractivity contribution in [1.82, 2.24) is 19.5 Å². The van der Waals surface area contributed by atoms with Crippen LogP contribution >= 0.6 is 34.5 Å². The summed E-state index contributed by atoms with van der Waals surface area (Å²) in [5, 5.41) is 24.9. The molecule has 3 aromatic rings. The molecule has 24 heavy (non-hydrogen) atoms. The number of benzene rings is 1. The second-order valence-electron chi connectivity index (χ2n) is 5.17. The topological polar surface area (TPSA) is 73.9 Å². The molecule has 2 N–H and O–H groups in total. The molecule has 2 heterocycles. The Labute approximate surface area is 152 Å². The lowest BCUT2D eigenvalue weighted by molar-refractivity contribution is 0.174. The van der Waals surface area contributed by atoms with Gasteiger partial charge in [0.05, 0.1) is 27.6 Å². The van der Waals surface area contributed by atoms with Crippen LogP contribution in [0.3, 0.4) is 0 Å². The van der Waals surface area contributed by atoms with Crippen molar-refractivity contribution >= 4 is 39.5 Å². The third kappa shape index (κ3) is 3.10. The van der Waals surface area contributed by atoms with Crippen molar-refractivity contribution in [1.29, 1.82) is 0 Å². The van der Waals surface area contributed by atoms with E-state index in [0.29, 0.717) is 33.0 Å². The Morgan fingerprint density at radius 1 is 1.33 bits per heavy atom. The molecule has 0 bridgehead atoms. The van der Waals surface area contributed by atoms with Crippen LogP contribution in [0.2, 0.25) is 10.0 Å². The predicted octanol–water partition coefficient (Wildman–Crippen LogP) is 3.21. The van der Waals surface area contributed by atoms with Crippen LogP contribution in [-0.2, 0) is 0 Å². The predicted molar refractivity (Wildman–Crippen MR) is 95.2 cm³/mol. The van der Waals surface area contributed by atoms with Crippen molar-refractivity contribution in [2.45, 2.75) is 13.0 Å². The summed E-state index contributed by atoms with van der Waals surface area (Å²) in [7, 11) is 0. The van der Waals surface area contributed by atoms with Crippen LogP contribution in [0.5, 0.6) is 5.88 Å². The van der Waals surface area contributed by atoms with Gasteiger partial charge >= 0.3 is 0 Å². The molecule has 6 nitrogen and oxygen atoms in total. The van der Waals surface area contributed by atoms with Gasteiger partial charge in [0.25, 0.3) is 0 Å². The Morgan fingerprint density at radius 3 is 2.75 bits per heavy atom. The molecule has 0 spiro atoms. The van der Waals surface area contributed by atoms with Crippen molar-refractivity contribution in [2.24, 2.45) is 0 Å². The van der Waals surface area contributed by atoms with Crippen LogP contribution in [-0.4, -0.2) is 49.4 Å². The summed E-state index contributed by atoms with van der Waals surface area (Å²) < 4.78 is 1.40. The minimum atomic E-state index is -0.287. The highest BCUT2D eigenvalue weighted by Gasteiger charge is 2.28. The Hall–Kier alpha value is -1.38. The Morgan fingerprint density at radius 2 is 2.12 bits per heavy atom. The number of aliphatic hydroxyl groups is 1. The van der Waals surface area contributed by atoms with E-state index in [2.05, 4.69) is 10.1 Å². The van der Waals surface area contributed by atoms with E-state index in [0.717, 1.165) is 5.56 Å². The minimum absolute atomic E-state index is 0.00713. The zero-order valence-electron chi connectivity index (χ0n) is 12.9. The number of hydrogen-bond acceptors (Lipinski definition) is 6. The van der Waals surface area contributed by atoms with Gasteiger partial charge in [-0.3, -0.25) is 4.90 Å². The highest BCUT2D eigenvalue weighted by molar-refractivity contribution is 7.17.